The molecule has 1 aromatic rings. The molecule has 1 saturated heterocycles. The average molecular weight is 360 g/mol. The maximum absolute atomic E-state index is 14.6. The van der Waals surface area contributed by atoms with Crippen LogP contribution in [0.15, 0.2) is 24.3 Å². The Morgan fingerprint density at radius 2 is 1.96 bits per heavy atom. The molecule has 0 aliphatic carbocycles. The third-order valence-electron chi connectivity index (χ3n) is 4.54. The molecule has 0 saturated carbocycles. The first-order chi connectivity index (χ1) is 12.2. The van der Waals surface area contributed by atoms with Gasteiger partial charge in [0.25, 0.3) is 0 Å². The fraction of sp³-hybridized carbons (Fsp3) is 0.500. The lowest BCUT2D eigenvalue weighted by Gasteiger charge is -2.29. The van der Waals surface area contributed by atoms with Gasteiger partial charge in [0.2, 0.25) is 5.91 Å². The first kappa shape index (κ1) is 18.4. The molecule has 0 radical (unpaired) electrons. The van der Waals surface area contributed by atoms with Gasteiger partial charge in [0.1, 0.15) is 11.4 Å². The van der Waals surface area contributed by atoms with Gasteiger partial charge in [-0.1, -0.05) is 6.08 Å². The van der Waals surface area contributed by atoms with Crippen LogP contribution in [0.1, 0.15) is 45.6 Å². The van der Waals surface area contributed by atoms with Crippen LogP contribution in [-0.4, -0.2) is 42.1 Å². The molecule has 2 aliphatic rings. The predicted molar refractivity (Wildman–Crippen MR) is 98.4 cm³/mol. The molecule has 0 bridgehead atoms. The third kappa shape index (κ3) is 4.06. The zero-order valence-corrected chi connectivity index (χ0v) is 15.5. The number of rotatable bonds is 2. The van der Waals surface area contributed by atoms with Gasteiger partial charge in [-0.3, -0.25) is 4.79 Å². The predicted octanol–water partition coefficient (Wildman–Crippen LogP) is 3.98. The van der Waals surface area contributed by atoms with Gasteiger partial charge in [-0.2, -0.15) is 0 Å². The summed E-state index contributed by atoms with van der Waals surface area (Å²) in [4.78, 5) is 27.2. The van der Waals surface area contributed by atoms with Crippen LogP contribution in [0.4, 0.5) is 14.9 Å². The number of hydrogen-bond acceptors (Lipinski definition) is 3. The molecule has 140 valence electrons. The van der Waals surface area contributed by atoms with E-state index < -0.39 is 5.60 Å². The van der Waals surface area contributed by atoms with E-state index >= 15 is 0 Å². The van der Waals surface area contributed by atoms with Gasteiger partial charge in [0.15, 0.2) is 0 Å². The Morgan fingerprint density at radius 3 is 2.50 bits per heavy atom. The van der Waals surface area contributed by atoms with Crippen LogP contribution in [0, 0.1) is 5.82 Å². The molecular weight excluding hydrogens is 335 g/mol. The molecule has 0 N–H and O–H groups in total. The summed E-state index contributed by atoms with van der Waals surface area (Å²) in [6, 6.07) is 4.95. The molecule has 1 fully saturated rings. The molecule has 0 atom stereocenters. The van der Waals surface area contributed by atoms with Gasteiger partial charge in [-0.15, -0.1) is 0 Å². The average Bonchev–Trinajstić information content (AvgIpc) is 2.99. The molecule has 26 heavy (non-hydrogen) atoms. The number of amides is 2. The molecule has 2 aliphatic heterocycles. The zero-order chi connectivity index (χ0) is 18.9. The summed E-state index contributed by atoms with van der Waals surface area (Å²) < 4.78 is 20.0. The first-order valence-electron chi connectivity index (χ1n) is 9.02. The highest BCUT2D eigenvalue weighted by molar-refractivity contribution is 5.95. The molecular formula is C20H25FN2O3. The molecule has 1 aromatic carbocycles. The highest BCUT2D eigenvalue weighted by Crippen LogP contribution is 2.29. The second kappa shape index (κ2) is 7.09. The van der Waals surface area contributed by atoms with Gasteiger partial charge in [-0.05, 0) is 57.4 Å². The summed E-state index contributed by atoms with van der Waals surface area (Å²) >= 11 is 0. The molecule has 5 nitrogen and oxygen atoms in total. The highest BCUT2D eigenvalue weighted by atomic mass is 19.1. The summed E-state index contributed by atoms with van der Waals surface area (Å²) in [5.74, 6) is -0.291. The Balaban J connectivity index is 1.70. The first-order valence-corrected chi connectivity index (χ1v) is 9.02. The molecule has 3 rings (SSSR count). The second-order valence-electron chi connectivity index (χ2n) is 7.72. The van der Waals surface area contributed by atoms with Crippen molar-refractivity contribution in [2.75, 3.05) is 24.5 Å². The van der Waals surface area contributed by atoms with Crippen LogP contribution in [0.25, 0.3) is 5.57 Å². The van der Waals surface area contributed by atoms with Crippen LogP contribution < -0.4 is 4.90 Å². The van der Waals surface area contributed by atoms with E-state index in [1.54, 1.807) is 21.9 Å². The number of carbonyl (C=O) groups excluding carboxylic acids is 2. The van der Waals surface area contributed by atoms with Gasteiger partial charge >= 0.3 is 6.09 Å². The number of benzene rings is 1. The van der Waals surface area contributed by atoms with E-state index in [4.69, 9.17) is 4.74 Å². The lowest BCUT2D eigenvalue weighted by Crippen LogP contribution is -2.39. The zero-order valence-electron chi connectivity index (χ0n) is 15.5. The fourth-order valence-corrected chi connectivity index (χ4v) is 3.26. The molecule has 2 amide bonds. The monoisotopic (exact) mass is 360 g/mol. The summed E-state index contributed by atoms with van der Waals surface area (Å²) in [7, 11) is 0. The molecule has 0 spiro atoms. The SMILES string of the molecule is CC(C)(C)OC(=O)N1CC=C(c2ccc(N3CCCC3=O)cc2F)CC1. The van der Waals surface area contributed by atoms with E-state index in [9.17, 15) is 14.0 Å². The normalized spacial score (nSPS) is 18.2. The Hall–Kier alpha value is -2.37. The molecule has 2 heterocycles. The largest absolute Gasteiger partial charge is 0.444 e. The summed E-state index contributed by atoms with van der Waals surface area (Å²) in [6.07, 6.45) is 3.42. The van der Waals surface area contributed by atoms with Crippen molar-refractivity contribution in [3.63, 3.8) is 0 Å². The van der Waals surface area contributed by atoms with Crippen molar-refractivity contribution < 1.29 is 18.7 Å². The van der Waals surface area contributed by atoms with E-state index in [0.29, 0.717) is 43.7 Å². The highest BCUT2D eigenvalue weighted by Gasteiger charge is 2.26. The van der Waals surface area contributed by atoms with Gasteiger partial charge in [0, 0.05) is 37.3 Å². The summed E-state index contributed by atoms with van der Waals surface area (Å²) in [5, 5.41) is 0. The van der Waals surface area contributed by atoms with Crippen molar-refractivity contribution in [1.82, 2.24) is 4.90 Å². The van der Waals surface area contributed by atoms with Crippen LogP contribution in [0.2, 0.25) is 0 Å². The quantitative estimate of drug-likeness (QED) is 0.802. The van der Waals surface area contributed by atoms with Crippen molar-refractivity contribution in [3.8, 4) is 0 Å². The van der Waals surface area contributed by atoms with Crippen LogP contribution >= 0.6 is 0 Å². The Labute approximate surface area is 153 Å². The van der Waals surface area contributed by atoms with Crippen molar-refractivity contribution in [2.24, 2.45) is 0 Å². The second-order valence-corrected chi connectivity index (χ2v) is 7.72. The Morgan fingerprint density at radius 1 is 1.19 bits per heavy atom. The standard InChI is InChI=1S/C20H25FN2O3/c1-20(2,3)26-19(25)22-11-8-14(9-12-22)16-7-6-15(13-17(16)21)23-10-4-5-18(23)24/h6-8,13H,4-5,9-12H2,1-3H3. The van der Waals surface area contributed by atoms with E-state index in [-0.39, 0.29) is 17.8 Å². The van der Waals surface area contributed by atoms with Crippen LogP contribution in [0.3, 0.4) is 0 Å². The number of ether oxygens (including phenoxy) is 1. The van der Waals surface area contributed by atoms with Crippen molar-refractivity contribution in [1.29, 1.82) is 0 Å². The van der Waals surface area contributed by atoms with E-state index in [1.807, 2.05) is 26.8 Å². The van der Waals surface area contributed by atoms with Gasteiger partial charge < -0.3 is 14.5 Å². The molecule has 0 aromatic heterocycles. The van der Waals surface area contributed by atoms with Crippen molar-refractivity contribution in [3.05, 3.63) is 35.7 Å². The van der Waals surface area contributed by atoms with Crippen LogP contribution in [-0.2, 0) is 9.53 Å². The number of anilines is 1. The fourth-order valence-electron chi connectivity index (χ4n) is 3.26. The van der Waals surface area contributed by atoms with Crippen molar-refractivity contribution >= 4 is 23.3 Å². The smallest absolute Gasteiger partial charge is 0.410 e. The lowest BCUT2D eigenvalue weighted by atomic mass is 9.98. The minimum atomic E-state index is -0.532. The van der Waals surface area contributed by atoms with E-state index in [2.05, 4.69) is 0 Å². The topological polar surface area (TPSA) is 49.9 Å². The number of halogens is 1. The van der Waals surface area contributed by atoms with Crippen molar-refractivity contribution in [2.45, 2.75) is 45.6 Å². The summed E-state index contributed by atoms with van der Waals surface area (Å²) in [5.41, 5.74) is 1.49. The molecule has 6 heteroatoms. The summed E-state index contributed by atoms with van der Waals surface area (Å²) in [6.45, 7) is 7.03. The van der Waals surface area contributed by atoms with Gasteiger partial charge in [-0.25, -0.2) is 9.18 Å². The Kier molecular flexibility index (Phi) is 5.03. The minimum absolute atomic E-state index is 0.0436. The van der Waals surface area contributed by atoms with Gasteiger partial charge in [0.05, 0.1) is 0 Å². The number of hydrogen-bond donors (Lipinski definition) is 0. The Bertz CT molecular complexity index is 752. The molecule has 0 unspecified atom stereocenters. The minimum Gasteiger partial charge on any atom is -0.444 e. The third-order valence-corrected chi connectivity index (χ3v) is 4.54. The lowest BCUT2D eigenvalue weighted by molar-refractivity contribution is -0.117. The number of carbonyl (C=O) groups is 2. The maximum atomic E-state index is 14.6. The number of nitrogens with zero attached hydrogens (tertiary/aromatic N) is 2. The maximum Gasteiger partial charge on any atom is 0.410 e. The van der Waals surface area contributed by atoms with Crippen LogP contribution in [0.5, 0.6) is 0 Å². The van der Waals surface area contributed by atoms with E-state index in [1.165, 1.54) is 6.07 Å². The van der Waals surface area contributed by atoms with E-state index in [0.717, 1.165) is 12.0 Å².